The van der Waals surface area contributed by atoms with E-state index in [1.807, 2.05) is 30.3 Å². The van der Waals surface area contributed by atoms with Crippen molar-refractivity contribution in [1.82, 2.24) is 10.3 Å². The number of carbonyl (C=O) groups excluding carboxylic acids is 1. The summed E-state index contributed by atoms with van der Waals surface area (Å²) in [5.41, 5.74) is 1.65. The lowest BCUT2D eigenvalue weighted by atomic mass is 9.84. The van der Waals surface area contributed by atoms with Crippen molar-refractivity contribution < 1.29 is 27.4 Å². The first kappa shape index (κ1) is 24.6. The molecule has 2 aliphatic carbocycles. The molecule has 2 aliphatic heterocycles. The maximum absolute atomic E-state index is 14.0. The van der Waals surface area contributed by atoms with Crippen LogP contribution in [0.15, 0.2) is 36.5 Å². The number of rotatable bonds is 4. The van der Waals surface area contributed by atoms with Crippen LogP contribution in [-0.2, 0) is 20.8 Å². The highest BCUT2D eigenvalue weighted by Crippen LogP contribution is 2.50. The second kappa shape index (κ2) is 9.56. The maximum atomic E-state index is 14.0. The van der Waals surface area contributed by atoms with E-state index in [2.05, 4.69) is 15.6 Å². The van der Waals surface area contributed by atoms with E-state index in [-0.39, 0.29) is 36.8 Å². The number of ether oxygens (including phenoxy) is 2. The minimum Gasteiger partial charge on any atom is -0.376 e. The molecule has 0 bridgehead atoms. The Morgan fingerprint density at radius 3 is 2.65 bits per heavy atom. The Kier molecular flexibility index (Phi) is 6.37. The van der Waals surface area contributed by atoms with Crippen molar-refractivity contribution in [3.8, 4) is 0 Å². The molecule has 6 rings (SSSR count). The van der Waals surface area contributed by atoms with Gasteiger partial charge in [0.25, 0.3) is 0 Å². The molecule has 7 nitrogen and oxygen atoms in total. The molecule has 198 valence electrons. The predicted molar refractivity (Wildman–Crippen MR) is 132 cm³/mol. The van der Waals surface area contributed by atoms with E-state index in [4.69, 9.17) is 9.47 Å². The molecule has 3 heterocycles. The Bertz CT molecular complexity index is 1160. The van der Waals surface area contributed by atoms with Crippen LogP contribution in [0.5, 0.6) is 0 Å². The van der Waals surface area contributed by atoms with Gasteiger partial charge in [-0.15, -0.1) is 0 Å². The second-order valence-electron chi connectivity index (χ2n) is 10.5. The summed E-state index contributed by atoms with van der Waals surface area (Å²) >= 11 is 0. The number of halogens is 3. The van der Waals surface area contributed by atoms with Gasteiger partial charge >= 0.3 is 6.18 Å². The fourth-order valence-corrected chi connectivity index (χ4v) is 5.75. The molecule has 1 amide bonds. The smallest absolute Gasteiger partial charge is 0.376 e. The molecular weight excluding hydrogens is 485 g/mol. The average Bonchev–Trinajstić information content (AvgIpc) is 3.72. The standard InChI is InChI=1S/C27H31F3N4O3/c28-27(29,30)26(9-10-26)33-20-6-3-17(4-7-20)25(35)34-15-19-2-1-11-31-24(19)32-21-8-5-18(14-22(21)34)23-16-36-12-13-37-23/h1-2,5,8,11,14,17,20,23,33H,3-4,6-7,9-10,12-13,15-16H2,(H,31,32)/t17-,20-,23?. The van der Waals surface area contributed by atoms with Crippen LogP contribution in [-0.4, -0.2) is 48.5 Å². The van der Waals surface area contributed by atoms with E-state index in [1.54, 1.807) is 11.1 Å². The van der Waals surface area contributed by atoms with Gasteiger partial charge in [0.15, 0.2) is 0 Å². The summed E-state index contributed by atoms with van der Waals surface area (Å²) in [6.07, 6.45) is -0.217. The largest absolute Gasteiger partial charge is 0.406 e. The normalized spacial score (nSPS) is 26.9. The molecule has 4 aliphatic rings. The van der Waals surface area contributed by atoms with Gasteiger partial charge in [0.2, 0.25) is 5.91 Å². The third-order valence-corrected chi connectivity index (χ3v) is 8.09. The molecule has 2 aromatic rings. The van der Waals surface area contributed by atoms with Crippen LogP contribution in [0.4, 0.5) is 30.4 Å². The van der Waals surface area contributed by atoms with Crippen LogP contribution in [0.2, 0.25) is 0 Å². The lowest BCUT2D eigenvalue weighted by Gasteiger charge is -2.35. The first-order valence-electron chi connectivity index (χ1n) is 13.0. The number of fused-ring (bicyclic) bond motifs is 2. The molecule has 2 saturated carbocycles. The number of hydrogen-bond acceptors (Lipinski definition) is 6. The molecule has 3 fully saturated rings. The van der Waals surface area contributed by atoms with Gasteiger partial charge < -0.3 is 25.0 Å². The summed E-state index contributed by atoms with van der Waals surface area (Å²) in [4.78, 5) is 20.2. The minimum absolute atomic E-state index is 0.00637. The molecule has 10 heteroatoms. The zero-order valence-electron chi connectivity index (χ0n) is 20.5. The van der Waals surface area contributed by atoms with Crippen molar-refractivity contribution in [3.63, 3.8) is 0 Å². The molecule has 1 saturated heterocycles. The lowest BCUT2D eigenvalue weighted by molar-refractivity contribution is -0.168. The number of amides is 1. The number of alkyl halides is 3. The van der Waals surface area contributed by atoms with E-state index in [9.17, 15) is 18.0 Å². The first-order chi connectivity index (χ1) is 17.8. The van der Waals surface area contributed by atoms with Crippen LogP contribution < -0.4 is 15.5 Å². The number of anilines is 3. The highest BCUT2D eigenvalue weighted by atomic mass is 19.4. The van der Waals surface area contributed by atoms with Gasteiger partial charge in [-0.25, -0.2) is 4.98 Å². The number of hydrogen-bond donors (Lipinski definition) is 2. The molecule has 1 atom stereocenters. The van der Waals surface area contributed by atoms with Crippen LogP contribution in [0.1, 0.15) is 55.8 Å². The topological polar surface area (TPSA) is 75.7 Å². The average molecular weight is 517 g/mol. The number of aromatic nitrogens is 1. The Hall–Kier alpha value is -2.69. The Morgan fingerprint density at radius 2 is 1.95 bits per heavy atom. The number of benzene rings is 1. The van der Waals surface area contributed by atoms with Gasteiger partial charge in [0.1, 0.15) is 17.5 Å². The van der Waals surface area contributed by atoms with Crippen LogP contribution in [0, 0.1) is 5.92 Å². The third-order valence-electron chi connectivity index (χ3n) is 8.09. The number of nitrogens with zero attached hydrogens (tertiary/aromatic N) is 2. The molecule has 0 spiro atoms. The van der Waals surface area contributed by atoms with E-state index in [0.717, 1.165) is 22.5 Å². The van der Waals surface area contributed by atoms with Gasteiger partial charge in [-0.05, 0) is 62.3 Å². The van der Waals surface area contributed by atoms with E-state index in [0.29, 0.717) is 57.9 Å². The quantitative estimate of drug-likeness (QED) is 0.596. The maximum Gasteiger partial charge on any atom is 0.406 e. The SMILES string of the molecule is O=C([C@H]1CC[C@H](NC2(C(F)(F)F)CC2)CC1)N1Cc2cccnc2Nc2ccc(C3COCCO3)cc21. The second-order valence-corrected chi connectivity index (χ2v) is 10.5. The highest BCUT2D eigenvalue weighted by Gasteiger charge is 2.63. The fourth-order valence-electron chi connectivity index (χ4n) is 5.75. The van der Waals surface area contributed by atoms with E-state index < -0.39 is 11.7 Å². The summed E-state index contributed by atoms with van der Waals surface area (Å²) in [5, 5.41) is 6.26. The Labute approximate surface area is 213 Å². The minimum atomic E-state index is -4.23. The van der Waals surface area contributed by atoms with Crippen molar-refractivity contribution in [1.29, 1.82) is 0 Å². The molecule has 0 radical (unpaired) electrons. The monoisotopic (exact) mass is 516 g/mol. The summed E-state index contributed by atoms with van der Waals surface area (Å²) < 4.78 is 51.7. The molecule has 1 unspecified atom stereocenters. The van der Waals surface area contributed by atoms with Gasteiger partial charge in [0.05, 0.1) is 37.7 Å². The van der Waals surface area contributed by atoms with Crippen LogP contribution in [0.3, 0.4) is 0 Å². The van der Waals surface area contributed by atoms with E-state index >= 15 is 0 Å². The van der Waals surface area contributed by atoms with Crippen molar-refractivity contribution in [2.45, 2.75) is 68.9 Å². The predicted octanol–water partition coefficient (Wildman–Crippen LogP) is 5.00. The third kappa shape index (κ3) is 4.82. The molecule has 1 aromatic heterocycles. The van der Waals surface area contributed by atoms with Crippen molar-refractivity contribution in [3.05, 3.63) is 47.7 Å². The summed E-state index contributed by atoms with van der Waals surface area (Å²) in [5.74, 6) is 0.454. The van der Waals surface area contributed by atoms with Crippen molar-refractivity contribution in [2.75, 3.05) is 30.0 Å². The molecule has 1 aromatic carbocycles. The van der Waals surface area contributed by atoms with Crippen LogP contribution >= 0.6 is 0 Å². The fraction of sp³-hybridized carbons (Fsp3) is 0.556. The molecular formula is C27H31F3N4O3. The summed E-state index contributed by atoms with van der Waals surface area (Å²) in [7, 11) is 0. The highest BCUT2D eigenvalue weighted by molar-refractivity contribution is 5.99. The zero-order chi connectivity index (χ0) is 25.6. The Balaban J connectivity index is 1.23. The van der Waals surface area contributed by atoms with Crippen molar-refractivity contribution in [2.24, 2.45) is 5.92 Å². The molecule has 2 N–H and O–H groups in total. The van der Waals surface area contributed by atoms with Gasteiger partial charge in [-0.1, -0.05) is 12.1 Å². The molecule has 37 heavy (non-hydrogen) atoms. The number of pyridine rings is 1. The Morgan fingerprint density at radius 1 is 1.14 bits per heavy atom. The number of nitrogens with one attached hydrogen (secondary N) is 2. The van der Waals surface area contributed by atoms with Gasteiger partial charge in [0, 0.05) is 23.7 Å². The van der Waals surface area contributed by atoms with Crippen molar-refractivity contribution >= 4 is 23.1 Å². The zero-order valence-corrected chi connectivity index (χ0v) is 20.5. The summed E-state index contributed by atoms with van der Waals surface area (Å²) in [6.45, 7) is 1.91. The number of carbonyl (C=O) groups is 1. The summed E-state index contributed by atoms with van der Waals surface area (Å²) in [6, 6.07) is 9.49. The first-order valence-corrected chi connectivity index (χ1v) is 13.0. The van der Waals surface area contributed by atoms with Gasteiger partial charge in [-0.2, -0.15) is 13.2 Å². The lowest BCUT2D eigenvalue weighted by Crippen LogP contribution is -2.51. The van der Waals surface area contributed by atoms with Gasteiger partial charge in [-0.3, -0.25) is 4.79 Å². The van der Waals surface area contributed by atoms with Crippen LogP contribution in [0.25, 0.3) is 0 Å². The van der Waals surface area contributed by atoms with E-state index in [1.165, 1.54) is 0 Å².